The molecule has 4 rings (SSSR count). The molecule has 0 bridgehead atoms. The second-order valence-corrected chi connectivity index (χ2v) is 12.9. The van der Waals surface area contributed by atoms with Gasteiger partial charge >= 0.3 is 0 Å². The molecular formula is C40H46N6O2. The number of carbonyl (C=O) groups is 2. The quantitative estimate of drug-likeness (QED) is 0.118. The molecular weight excluding hydrogens is 596 g/mol. The molecule has 0 unspecified atom stereocenters. The molecule has 0 aromatic heterocycles. The van der Waals surface area contributed by atoms with Gasteiger partial charge in [-0.25, -0.2) is 0 Å². The number of rotatable bonds is 18. The van der Waals surface area contributed by atoms with Crippen molar-refractivity contribution in [3.05, 3.63) is 57.6 Å². The number of nitrogens with zero attached hydrogens (tertiary/aromatic N) is 6. The van der Waals surface area contributed by atoms with Crippen molar-refractivity contribution in [3.8, 4) is 24.3 Å². The molecule has 0 spiro atoms. The van der Waals surface area contributed by atoms with Gasteiger partial charge in [-0.05, 0) is 37.1 Å². The van der Waals surface area contributed by atoms with Gasteiger partial charge in [0.1, 0.15) is 24.3 Å². The van der Waals surface area contributed by atoms with Crippen molar-refractivity contribution >= 4 is 34.3 Å². The maximum absolute atomic E-state index is 14.3. The lowest BCUT2D eigenvalue weighted by Gasteiger charge is -2.18. The highest BCUT2D eigenvalue weighted by Gasteiger charge is 2.43. The minimum atomic E-state index is -0.349. The van der Waals surface area contributed by atoms with Crippen LogP contribution in [0, 0.1) is 45.3 Å². The molecule has 8 heteroatoms. The third-order valence-electron chi connectivity index (χ3n) is 9.51. The zero-order valence-electron chi connectivity index (χ0n) is 28.5. The van der Waals surface area contributed by atoms with Gasteiger partial charge < -0.3 is 9.80 Å². The summed E-state index contributed by atoms with van der Waals surface area (Å²) in [5.74, 6) is -0.698. The molecule has 8 nitrogen and oxygen atoms in total. The third-order valence-corrected chi connectivity index (χ3v) is 9.51. The van der Waals surface area contributed by atoms with Crippen LogP contribution in [0.15, 0.2) is 24.3 Å². The van der Waals surface area contributed by atoms with Gasteiger partial charge in [0, 0.05) is 24.2 Å². The lowest BCUT2D eigenvalue weighted by molar-refractivity contribution is -0.114. The normalized spacial score (nSPS) is 14.8. The summed E-state index contributed by atoms with van der Waals surface area (Å²) in [5, 5.41) is 39.3. The molecule has 0 saturated carbocycles. The molecule has 0 aliphatic carbocycles. The van der Waals surface area contributed by atoms with Crippen LogP contribution >= 0.6 is 0 Å². The Morgan fingerprint density at radius 2 is 0.750 bits per heavy atom. The Kier molecular flexibility index (Phi) is 13.4. The fourth-order valence-corrected chi connectivity index (χ4v) is 6.85. The summed E-state index contributed by atoms with van der Waals surface area (Å²) in [5.41, 5.74) is 2.92. The summed E-state index contributed by atoms with van der Waals surface area (Å²) in [6.07, 6.45) is 17.6. The van der Waals surface area contributed by atoms with Gasteiger partial charge in [0.05, 0.1) is 44.8 Å². The fraction of sp³-hybridized carbons (Fsp3) is 0.500. The van der Waals surface area contributed by atoms with Gasteiger partial charge in [0.2, 0.25) is 0 Å². The average Bonchev–Trinajstić information content (AvgIpc) is 3.52. The lowest BCUT2D eigenvalue weighted by atomic mass is 9.92. The van der Waals surface area contributed by atoms with Crippen LogP contribution in [-0.2, 0) is 9.59 Å². The molecule has 48 heavy (non-hydrogen) atoms. The van der Waals surface area contributed by atoms with E-state index in [0.29, 0.717) is 35.6 Å². The number of fused-ring (bicyclic) bond motifs is 2. The minimum Gasteiger partial charge on any atom is -0.308 e. The molecule has 248 valence electrons. The van der Waals surface area contributed by atoms with E-state index in [2.05, 4.69) is 38.1 Å². The summed E-state index contributed by atoms with van der Waals surface area (Å²) < 4.78 is 0. The Morgan fingerprint density at radius 3 is 1.06 bits per heavy atom. The Balaban J connectivity index is 1.69. The highest BCUT2D eigenvalue weighted by atomic mass is 16.2. The molecule has 2 aliphatic heterocycles. The first-order valence-corrected chi connectivity index (χ1v) is 17.8. The van der Waals surface area contributed by atoms with Crippen LogP contribution in [0.4, 0.5) is 11.4 Å². The van der Waals surface area contributed by atoms with E-state index in [4.69, 9.17) is 0 Å². The van der Waals surface area contributed by atoms with Crippen LogP contribution in [0.3, 0.4) is 0 Å². The number of amides is 2. The van der Waals surface area contributed by atoms with Crippen LogP contribution in [0.5, 0.6) is 0 Å². The van der Waals surface area contributed by atoms with Crippen molar-refractivity contribution in [2.45, 2.75) is 117 Å². The summed E-state index contributed by atoms with van der Waals surface area (Å²) in [4.78, 5) is 32.0. The SMILES string of the molecule is CCCCCCCCCCN1C(=O)/C(=C2\C(=O)N(CCCCCCCCCC)c3cc(C#N)c(C#N)cc32)c2cc(C#N)c(C#N)cc21. The zero-order valence-corrected chi connectivity index (χ0v) is 28.5. The van der Waals surface area contributed by atoms with Gasteiger partial charge in [0.25, 0.3) is 11.8 Å². The van der Waals surface area contributed by atoms with Crippen molar-refractivity contribution < 1.29 is 9.59 Å². The molecule has 0 atom stereocenters. The molecule has 0 radical (unpaired) electrons. The number of hydrogen-bond donors (Lipinski definition) is 0. The Hall–Kier alpha value is -4.92. The highest BCUT2D eigenvalue weighted by Crippen LogP contribution is 2.48. The fourth-order valence-electron chi connectivity index (χ4n) is 6.85. The number of nitriles is 4. The minimum absolute atomic E-state index is 0.134. The molecule has 2 aromatic carbocycles. The van der Waals surface area contributed by atoms with E-state index in [1.807, 2.05) is 0 Å². The van der Waals surface area contributed by atoms with E-state index in [-0.39, 0.29) is 45.2 Å². The predicted octanol–water partition coefficient (Wildman–Crippen LogP) is 9.06. The standard InChI is InChI=1S/C40H46N6O2/c1-3-5-7-9-11-13-15-17-19-45-35-23-31(27-43)29(25-41)21-33(35)37(39(45)47)38-34-22-30(26-42)32(28-44)24-36(34)46(40(38)48)20-18-16-14-12-10-8-6-4-2/h21-24H,3-20H2,1-2H3/b38-37-. The topological polar surface area (TPSA) is 136 Å². The molecule has 2 amide bonds. The van der Waals surface area contributed by atoms with Crippen molar-refractivity contribution in [1.82, 2.24) is 0 Å². The predicted molar refractivity (Wildman–Crippen MR) is 188 cm³/mol. The average molecular weight is 643 g/mol. The highest BCUT2D eigenvalue weighted by molar-refractivity contribution is 6.50. The number of benzene rings is 2. The third kappa shape index (κ3) is 7.95. The van der Waals surface area contributed by atoms with Gasteiger partial charge in [-0.15, -0.1) is 0 Å². The van der Waals surface area contributed by atoms with Gasteiger partial charge in [-0.2, -0.15) is 21.0 Å². The first kappa shape index (κ1) is 35.9. The first-order chi connectivity index (χ1) is 23.4. The largest absolute Gasteiger partial charge is 0.308 e. The molecule has 2 aliphatic rings. The van der Waals surface area contributed by atoms with Crippen molar-refractivity contribution in [1.29, 1.82) is 21.0 Å². The second-order valence-electron chi connectivity index (χ2n) is 12.9. The maximum Gasteiger partial charge on any atom is 0.259 e. The van der Waals surface area contributed by atoms with Gasteiger partial charge in [0.15, 0.2) is 0 Å². The Labute approximate surface area is 285 Å². The molecule has 2 aromatic rings. The number of carbonyl (C=O) groups excluding carboxylic acids is 2. The number of anilines is 2. The first-order valence-electron chi connectivity index (χ1n) is 17.8. The van der Waals surface area contributed by atoms with Crippen LogP contribution in [-0.4, -0.2) is 24.9 Å². The van der Waals surface area contributed by atoms with Crippen LogP contribution in [0.1, 0.15) is 150 Å². The summed E-state index contributed by atoms with van der Waals surface area (Å²) >= 11 is 0. The van der Waals surface area contributed by atoms with E-state index in [0.717, 1.165) is 51.4 Å². The Bertz CT molecular complexity index is 1590. The Morgan fingerprint density at radius 1 is 0.458 bits per heavy atom. The smallest absolute Gasteiger partial charge is 0.259 e. The lowest BCUT2D eigenvalue weighted by Crippen LogP contribution is -2.30. The van der Waals surface area contributed by atoms with Crippen LogP contribution in [0.2, 0.25) is 0 Å². The molecule has 0 fully saturated rings. The summed E-state index contributed by atoms with van der Waals surface area (Å²) in [6.45, 7) is 5.25. The number of hydrogen-bond acceptors (Lipinski definition) is 6. The number of unbranched alkanes of at least 4 members (excludes halogenated alkanes) is 14. The molecule has 0 N–H and O–H groups in total. The van der Waals surface area contributed by atoms with Crippen molar-refractivity contribution in [3.63, 3.8) is 0 Å². The summed E-state index contributed by atoms with van der Waals surface area (Å²) in [6, 6.07) is 14.6. The monoisotopic (exact) mass is 642 g/mol. The summed E-state index contributed by atoms with van der Waals surface area (Å²) in [7, 11) is 0. The van der Waals surface area contributed by atoms with Crippen molar-refractivity contribution in [2.75, 3.05) is 22.9 Å². The second kappa shape index (κ2) is 17.8. The molecule has 2 heterocycles. The molecule has 0 saturated heterocycles. The maximum atomic E-state index is 14.3. The van der Waals surface area contributed by atoms with E-state index in [1.54, 1.807) is 34.1 Å². The van der Waals surface area contributed by atoms with Crippen molar-refractivity contribution in [2.24, 2.45) is 0 Å². The van der Waals surface area contributed by atoms with E-state index < -0.39 is 0 Å². The zero-order chi connectivity index (χ0) is 34.5. The van der Waals surface area contributed by atoms with Gasteiger partial charge in [-0.3, -0.25) is 9.59 Å². The van der Waals surface area contributed by atoms with E-state index in [9.17, 15) is 30.6 Å². The van der Waals surface area contributed by atoms with E-state index in [1.165, 1.54) is 51.4 Å². The van der Waals surface area contributed by atoms with E-state index >= 15 is 0 Å². The van der Waals surface area contributed by atoms with Gasteiger partial charge in [-0.1, -0.05) is 104 Å². The van der Waals surface area contributed by atoms with Crippen LogP contribution in [0.25, 0.3) is 11.1 Å². The van der Waals surface area contributed by atoms with Crippen LogP contribution < -0.4 is 9.80 Å².